The van der Waals surface area contributed by atoms with Crippen molar-refractivity contribution in [2.24, 2.45) is 5.10 Å². The van der Waals surface area contributed by atoms with Crippen LogP contribution in [0.4, 0.5) is 5.69 Å². The van der Waals surface area contributed by atoms with Crippen LogP contribution in [0.25, 0.3) is 0 Å². The molecule has 0 aliphatic carbocycles. The van der Waals surface area contributed by atoms with Gasteiger partial charge in [0.1, 0.15) is 5.69 Å². The van der Waals surface area contributed by atoms with E-state index in [1.165, 1.54) is 11.1 Å². The van der Waals surface area contributed by atoms with Crippen molar-refractivity contribution in [3.63, 3.8) is 0 Å². The van der Waals surface area contributed by atoms with Gasteiger partial charge in [-0.3, -0.25) is 10.4 Å². The van der Waals surface area contributed by atoms with Crippen molar-refractivity contribution < 1.29 is 0 Å². The SMILES string of the molecule is Cc1ccc(N/N=C/c2nc(C)c(C)nc2C)c(C)c1. The fourth-order valence-corrected chi connectivity index (χ4v) is 1.96. The van der Waals surface area contributed by atoms with Crippen molar-refractivity contribution in [1.29, 1.82) is 0 Å². The van der Waals surface area contributed by atoms with Gasteiger partial charge in [-0.1, -0.05) is 17.7 Å². The Balaban J connectivity index is 2.16. The molecule has 4 nitrogen and oxygen atoms in total. The Hall–Kier alpha value is -2.23. The minimum Gasteiger partial charge on any atom is -0.278 e. The van der Waals surface area contributed by atoms with Crippen molar-refractivity contribution in [1.82, 2.24) is 9.97 Å². The third-order valence-corrected chi connectivity index (χ3v) is 3.27. The molecule has 1 aromatic heterocycles. The van der Waals surface area contributed by atoms with Crippen molar-refractivity contribution in [2.75, 3.05) is 5.43 Å². The van der Waals surface area contributed by atoms with Crippen LogP contribution in [0.1, 0.15) is 33.9 Å². The molecule has 2 rings (SSSR count). The number of nitrogens with one attached hydrogen (secondary N) is 1. The van der Waals surface area contributed by atoms with E-state index in [1.807, 2.05) is 26.8 Å². The number of aryl methyl sites for hydroxylation is 5. The van der Waals surface area contributed by atoms with Crippen LogP contribution in [0.15, 0.2) is 23.3 Å². The molecule has 0 amide bonds. The molecule has 0 saturated carbocycles. The van der Waals surface area contributed by atoms with E-state index in [1.54, 1.807) is 6.21 Å². The second kappa shape index (κ2) is 5.82. The lowest BCUT2D eigenvalue weighted by Gasteiger charge is -2.06. The van der Waals surface area contributed by atoms with Crippen molar-refractivity contribution in [3.05, 3.63) is 52.1 Å². The first-order chi connectivity index (χ1) is 9.47. The number of nitrogens with zero attached hydrogens (tertiary/aromatic N) is 3. The molecule has 2 aromatic rings. The summed E-state index contributed by atoms with van der Waals surface area (Å²) >= 11 is 0. The highest BCUT2D eigenvalue weighted by Gasteiger charge is 2.03. The van der Waals surface area contributed by atoms with Crippen LogP contribution < -0.4 is 5.43 Å². The minimum atomic E-state index is 0.797. The van der Waals surface area contributed by atoms with Gasteiger partial charge in [0.15, 0.2) is 0 Å². The fourth-order valence-electron chi connectivity index (χ4n) is 1.96. The van der Waals surface area contributed by atoms with Crippen LogP contribution in [-0.2, 0) is 0 Å². The van der Waals surface area contributed by atoms with Gasteiger partial charge < -0.3 is 0 Å². The Morgan fingerprint density at radius 2 is 1.65 bits per heavy atom. The first-order valence-corrected chi connectivity index (χ1v) is 6.65. The van der Waals surface area contributed by atoms with E-state index < -0.39 is 0 Å². The highest BCUT2D eigenvalue weighted by molar-refractivity contribution is 5.79. The largest absolute Gasteiger partial charge is 0.278 e. The molecule has 0 fully saturated rings. The second-order valence-corrected chi connectivity index (χ2v) is 5.05. The monoisotopic (exact) mass is 268 g/mol. The molecule has 1 aromatic carbocycles. The Labute approximate surface area is 120 Å². The molecule has 0 saturated heterocycles. The summed E-state index contributed by atoms with van der Waals surface area (Å²) in [6.07, 6.45) is 1.72. The minimum absolute atomic E-state index is 0.797. The summed E-state index contributed by atoms with van der Waals surface area (Å²) in [7, 11) is 0. The van der Waals surface area contributed by atoms with Crippen LogP contribution in [0, 0.1) is 34.6 Å². The smallest absolute Gasteiger partial charge is 0.105 e. The molecule has 104 valence electrons. The zero-order valence-electron chi connectivity index (χ0n) is 12.7. The molecule has 0 bridgehead atoms. The van der Waals surface area contributed by atoms with E-state index in [4.69, 9.17) is 0 Å². The number of benzene rings is 1. The Morgan fingerprint density at radius 3 is 2.35 bits per heavy atom. The number of hydrogen-bond donors (Lipinski definition) is 1. The van der Waals surface area contributed by atoms with E-state index in [2.05, 4.69) is 46.5 Å². The number of hydrazone groups is 1. The van der Waals surface area contributed by atoms with Gasteiger partial charge in [-0.2, -0.15) is 5.10 Å². The van der Waals surface area contributed by atoms with Gasteiger partial charge in [-0.25, -0.2) is 4.98 Å². The Kier molecular flexibility index (Phi) is 4.13. The van der Waals surface area contributed by atoms with E-state index >= 15 is 0 Å². The molecule has 0 aliphatic rings. The van der Waals surface area contributed by atoms with Gasteiger partial charge in [0.05, 0.1) is 29.0 Å². The molecule has 0 aliphatic heterocycles. The maximum absolute atomic E-state index is 4.49. The normalized spacial score (nSPS) is 11.1. The summed E-state index contributed by atoms with van der Waals surface area (Å²) in [4.78, 5) is 8.93. The van der Waals surface area contributed by atoms with Crippen molar-refractivity contribution in [2.45, 2.75) is 34.6 Å². The number of hydrogen-bond acceptors (Lipinski definition) is 4. The Morgan fingerprint density at radius 1 is 0.950 bits per heavy atom. The summed E-state index contributed by atoms with van der Waals surface area (Å²) in [5, 5.41) is 4.26. The quantitative estimate of drug-likeness (QED) is 0.685. The first-order valence-electron chi connectivity index (χ1n) is 6.65. The van der Waals surface area contributed by atoms with Gasteiger partial charge in [0.2, 0.25) is 0 Å². The standard InChI is InChI=1S/C16H20N4/c1-10-6-7-15(11(2)8-10)20-17-9-16-14(5)18-12(3)13(4)19-16/h6-9,20H,1-5H3/b17-9+. The van der Waals surface area contributed by atoms with Gasteiger partial charge in [-0.15, -0.1) is 0 Å². The van der Waals surface area contributed by atoms with Gasteiger partial charge in [0, 0.05) is 0 Å². The van der Waals surface area contributed by atoms with Gasteiger partial charge >= 0.3 is 0 Å². The molecule has 0 radical (unpaired) electrons. The van der Waals surface area contributed by atoms with E-state index in [-0.39, 0.29) is 0 Å². The first kappa shape index (κ1) is 14.2. The maximum Gasteiger partial charge on any atom is 0.105 e. The predicted molar refractivity (Wildman–Crippen MR) is 83.4 cm³/mol. The lowest BCUT2D eigenvalue weighted by molar-refractivity contribution is 0.993. The van der Waals surface area contributed by atoms with Gasteiger partial charge in [0.25, 0.3) is 0 Å². The van der Waals surface area contributed by atoms with Crippen LogP contribution in [-0.4, -0.2) is 16.2 Å². The molecule has 0 atom stereocenters. The maximum atomic E-state index is 4.49. The highest BCUT2D eigenvalue weighted by Crippen LogP contribution is 2.15. The third-order valence-electron chi connectivity index (χ3n) is 3.27. The summed E-state index contributed by atoms with van der Waals surface area (Å²) < 4.78 is 0. The summed E-state index contributed by atoms with van der Waals surface area (Å²) in [5.74, 6) is 0. The second-order valence-electron chi connectivity index (χ2n) is 5.05. The zero-order chi connectivity index (χ0) is 14.7. The van der Waals surface area contributed by atoms with Crippen LogP contribution in [0.3, 0.4) is 0 Å². The van der Waals surface area contributed by atoms with E-state index in [9.17, 15) is 0 Å². The van der Waals surface area contributed by atoms with Crippen LogP contribution in [0.2, 0.25) is 0 Å². The molecular weight excluding hydrogens is 248 g/mol. The highest BCUT2D eigenvalue weighted by atomic mass is 15.3. The lowest BCUT2D eigenvalue weighted by Crippen LogP contribution is -2.03. The van der Waals surface area contributed by atoms with Crippen molar-refractivity contribution >= 4 is 11.9 Å². The molecular formula is C16H20N4. The van der Waals surface area contributed by atoms with Crippen molar-refractivity contribution in [3.8, 4) is 0 Å². The van der Waals surface area contributed by atoms with E-state index in [0.717, 1.165) is 28.5 Å². The summed E-state index contributed by atoms with van der Waals surface area (Å²) in [5.41, 5.74) is 10.0. The third kappa shape index (κ3) is 3.20. The predicted octanol–water partition coefficient (Wildman–Crippen LogP) is 3.46. The summed E-state index contributed by atoms with van der Waals surface area (Å²) in [6.45, 7) is 10.00. The zero-order valence-corrected chi connectivity index (χ0v) is 12.7. The number of aromatic nitrogens is 2. The lowest BCUT2D eigenvalue weighted by atomic mass is 10.1. The summed E-state index contributed by atoms with van der Waals surface area (Å²) in [6, 6.07) is 6.21. The molecule has 1 heterocycles. The molecule has 4 heteroatoms. The van der Waals surface area contributed by atoms with Crippen LogP contribution >= 0.6 is 0 Å². The van der Waals surface area contributed by atoms with Crippen LogP contribution in [0.5, 0.6) is 0 Å². The molecule has 0 unspecified atom stereocenters. The molecule has 20 heavy (non-hydrogen) atoms. The average molecular weight is 268 g/mol. The van der Waals surface area contributed by atoms with E-state index in [0.29, 0.717) is 0 Å². The van der Waals surface area contributed by atoms with Gasteiger partial charge in [-0.05, 0) is 46.2 Å². The topological polar surface area (TPSA) is 50.2 Å². The average Bonchev–Trinajstić information content (AvgIpc) is 2.38. The Bertz CT molecular complexity index is 660. The number of rotatable bonds is 3. The number of anilines is 1. The molecule has 1 N–H and O–H groups in total. The molecule has 0 spiro atoms. The fraction of sp³-hybridized carbons (Fsp3) is 0.312.